The second kappa shape index (κ2) is 8.18. The number of carbonyl (C=O) groups is 2. The molecule has 0 atom stereocenters. The van der Waals surface area contributed by atoms with Crippen LogP contribution < -0.4 is 5.32 Å². The number of halogens is 5. The van der Waals surface area contributed by atoms with Gasteiger partial charge in [-0.15, -0.1) is 0 Å². The number of carbonyl (C=O) groups excluding carboxylic acids is 2. The summed E-state index contributed by atoms with van der Waals surface area (Å²) in [6.45, 7) is -1.18. The minimum absolute atomic E-state index is 0.103. The summed E-state index contributed by atoms with van der Waals surface area (Å²) >= 11 is 5.65. The summed E-state index contributed by atoms with van der Waals surface area (Å²) in [5, 5.41) is 2.31. The van der Waals surface area contributed by atoms with Crippen molar-refractivity contribution in [3.05, 3.63) is 70.0 Å². The van der Waals surface area contributed by atoms with Crippen molar-refractivity contribution in [2.45, 2.75) is 12.7 Å². The summed E-state index contributed by atoms with van der Waals surface area (Å²) in [5.74, 6) is -2.83. The molecule has 0 aliphatic carbocycles. The molecule has 0 heterocycles. The highest BCUT2D eigenvalue weighted by Crippen LogP contribution is 2.31. The van der Waals surface area contributed by atoms with Gasteiger partial charge in [0.15, 0.2) is 6.61 Å². The quantitative estimate of drug-likeness (QED) is 0.622. The maximum absolute atomic E-state index is 13.5. The summed E-state index contributed by atoms with van der Waals surface area (Å²) in [6.07, 6.45) is -4.56. The third-order valence-electron chi connectivity index (χ3n) is 3.28. The number of ether oxygens (including phenoxy) is 1. The van der Waals surface area contributed by atoms with Crippen molar-refractivity contribution in [1.82, 2.24) is 5.32 Å². The molecule has 1 N–H and O–H groups in total. The fraction of sp³-hybridized carbons (Fsp3) is 0.176. The molecule has 2 aromatic rings. The lowest BCUT2D eigenvalue weighted by Gasteiger charge is -2.13. The van der Waals surface area contributed by atoms with Crippen LogP contribution in [0.4, 0.5) is 17.6 Å². The smallest absolute Gasteiger partial charge is 0.416 e. The largest absolute Gasteiger partial charge is 0.452 e. The fourth-order valence-electron chi connectivity index (χ4n) is 2.06. The number of benzene rings is 2. The number of hydrogen-bond donors (Lipinski definition) is 1. The van der Waals surface area contributed by atoms with Gasteiger partial charge in [0.25, 0.3) is 5.91 Å². The SMILES string of the molecule is O=C(COC(=O)c1cc(Cl)ccc1F)NCc1ccccc1C(F)(F)F. The molecular weight excluding hydrogens is 378 g/mol. The molecule has 0 aromatic heterocycles. The van der Waals surface area contributed by atoms with E-state index in [4.69, 9.17) is 11.6 Å². The maximum Gasteiger partial charge on any atom is 0.416 e. The van der Waals surface area contributed by atoms with Gasteiger partial charge in [-0.2, -0.15) is 13.2 Å². The first kappa shape index (κ1) is 19.7. The number of nitrogens with one attached hydrogen (secondary N) is 1. The van der Waals surface area contributed by atoms with Gasteiger partial charge >= 0.3 is 12.1 Å². The highest BCUT2D eigenvalue weighted by Gasteiger charge is 2.32. The Kier molecular flexibility index (Phi) is 6.20. The summed E-state index contributed by atoms with van der Waals surface area (Å²) in [6, 6.07) is 7.98. The normalized spacial score (nSPS) is 11.1. The fourth-order valence-corrected chi connectivity index (χ4v) is 2.23. The Hall–Kier alpha value is -2.61. The molecule has 138 valence electrons. The molecule has 0 aliphatic rings. The first-order chi connectivity index (χ1) is 12.2. The Morgan fingerprint density at radius 2 is 1.81 bits per heavy atom. The van der Waals surface area contributed by atoms with Crippen molar-refractivity contribution in [3.63, 3.8) is 0 Å². The third-order valence-corrected chi connectivity index (χ3v) is 3.52. The first-order valence-electron chi connectivity index (χ1n) is 7.22. The van der Waals surface area contributed by atoms with E-state index in [2.05, 4.69) is 10.1 Å². The molecule has 0 unspecified atom stereocenters. The van der Waals surface area contributed by atoms with Gasteiger partial charge in [0.2, 0.25) is 0 Å². The van der Waals surface area contributed by atoms with E-state index in [1.807, 2.05) is 0 Å². The Bertz CT molecular complexity index is 824. The van der Waals surface area contributed by atoms with Crippen LogP contribution in [0.1, 0.15) is 21.5 Å². The number of esters is 1. The van der Waals surface area contributed by atoms with Crippen LogP contribution in [0.5, 0.6) is 0 Å². The molecule has 0 aliphatic heterocycles. The number of amides is 1. The molecule has 2 rings (SSSR count). The monoisotopic (exact) mass is 389 g/mol. The van der Waals surface area contributed by atoms with E-state index in [1.54, 1.807) is 0 Å². The van der Waals surface area contributed by atoms with E-state index in [0.29, 0.717) is 0 Å². The minimum atomic E-state index is -4.56. The molecule has 0 bridgehead atoms. The van der Waals surface area contributed by atoms with Crippen LogP contribution in [0.15, 0.2) is 42.5 Å². The van der Waals surface area contributed by atoms with Gasteiger partial charge in [0.05, 0.1) is 11.1 Å². The highest BCUT2D eigenvalue weighted by molar-refractivity contribution is 6.30. The number of rotatable bonds is 5. The topological polar surface area (TPSA) is 55.4 Å². The Balaban J connectivity index is 1.92. The van der Waals surface area contributed by atoms with Gasteiger partial charge in [0.1, 0.15) is 5.82 Å². The second-order valence-corrected chi connectivity index (χ2v) is 5.57. The van der Waals surface area contributed by atoms with Gasteiger partial charge in [-0.1, -0.05) is 29.8 Å². The van der Waals surface area contributed by atoms with Crippen LogP contribution in [0, 0.1) is 5.82 Å². The highest BCUT2D eigenvalue weighted by atomic mass is 35.5. The number of hydrogen-bond acceptors (Lipinski definition) is 3. The van der Waals surface area contributed by atoms with Crippen LogP contribution >= 0.6 is 11.6 Å². The predicted octanol–water partition coefficient (Wildman–Crippen LogP) is 3.97. The molecule has 4 nitrogen and oxygen atoms in total. The van der Waals surface area contributed by atoms with E-state index in [1.165, 1.54) is 24.3 Å². The lowest BCUT2D eigenvalue weighted by atomic mass is 10.1. The molecule has 0 radical (unpaired) electrons. The van der Waals surface area contributed by atoms with E-state index >= 15 is 0 Å². The van der Waals surface area contributed by atoms with Crippen LogP contribution in [-0.2, 0) is 22.3 Å². The van der Waals surface area contributed by atoms with Crippen molar-refractivity contribution >= 4 is 23.5 Å². The second-order valence-electron chi connectivity index (χ2n) is 5.13. The van der Waals surface area contributed by atoms with E-state index in [0.717, 1.165) is 18.2 Å². The summed E-state index contributed by atoms with van der Waals surface area (Å²) in [7, 11) is 0. The van der Waals surface area contributed by atoms with Crippen molar-refractivity contribution in [2.75, 3.05) is 6.61 Å². The molecule has 2 aromatic carbocycles. The van der Waals surface area contributed by atoms with Crippen LogP contribution in [0.2, 0.25) is 5.02 Å². The lowest BCUT2D eigenvalue weighted by molar-refractivity contribution is -0.138. The standard InChI is InChI=1S/C17H12ClF4NO3/c18-11-5-6-14(19)12(7-11)16(25)26-9-15(24)23-8-10-3-1-2-4-13(10)17(20,21)22/h1-7H,8-9H2,(H,23,24). The minimum Gasteiger partial charge on any atom is -0.452 e. The molecule has 9 heteroatoms. The predicted molar refractivity (Wildman–Crippen MR) is 85.0 cm³/mol. The third kappa shape index (κ3) is 5.19. The van der Waals surface area contributed by atoms with E-state index in [-0.39, 0.29) is 10.6 Å². The van der Waals surface area contributed by atoms with Gasteiger partial charge < -0.3 is 10.1 Å². The van der Waals surface area contributed by atoms with Crippen molar-refractivity contribution in [1.29, 1.82) is 0 Å². The van der Waals surface area contributed by atoms with Crippen molar-refractivity contribution < 1.29 is 31.9 Å². The Labute approximate surface area is 150 Å². The van der Waals surface area contributed by atoms with Crippen LogP contribution in [0.25, 0.3) is 0 Å². The molecule has 0 saturated carbocycles. The Morgan fingerprint density at radius 3 is 2.50 bits per heavy atom. The summed E-state index contributed by atoms with van der Waals surface area (Å²) < 4.78 is 56.7. The molecule has 0 saturated heterocycles. The molecular formula is C17H12ClF4NO3. The number of alkyl halides is 3. The Morgan fingerprint density at radius 1 is 1.12 bits per heavy atom. The van der Waals surface area contributed by atoms with E-state index < -0.39 is 48.1 Å². The molecule has 0 fully saturated rings. The summed E-state index contributed by atoms with van der Waals surface area (Å²) in [5.41, 5.74) is -1.47. The maximum atomic E-state index is 13.5. The first-order valence-corrected chi connectivity index (χ1v) is 7.60. The average molecular weight is 390 g/mol. The molecule has 26 heavy (non-hydrogen) atoms. The van der Waals surface area contributed by atoms with Gasteiger partial charge in [-0.05, 0) is 29.8 Å². The van der Waals surface area contributed by atoms with Gasteiger partial charge in [-0.25, -0.2) is 9.18 Å². The van der Waals surface area contributed by atoms with Crippen molar-refractivity contribution in [2.24, 2.45) is 0 Å². The van der Waals surface area contributed by atoms with Gasteiger partial charge in [-0.3, -0.25) is 4.79 Å². The lowest BCUT2D eigenvalue weighted by Crippen LogP contribution is -2.29. The summed E-state index contributed by atoms with van der Waals surface area (Å²) in [4.78, 5) is 23.4. The zero-order chi connectivity index (χ0) is 19.3. The van der Waals surface area contributed by atoms with Crippen LogP contribution in [-0.4, -0.2) is 18.5 Å². The van der Waals surface area contributed by atoms with E-state index in [9.17, 15) is 27.2 Å². The average Bonchev–Trinajstić information content (AvgIpc) is 2.59. The van der Waals surface area contributed by atoms with Crippen LogP contribution in [0.3, 0.4) is 0 Å². The van der Waals surface area contributed by atoms with Crippen molar-refractivity contribution in [3.8, 4) is 0 Å². The molecule has 1 amide bonds. The zero-order valence-corrected chi connectivity index (χ0v) is 13.8. The molecule has 0 spiro atoms. The van der Waals surface area contributed by atoms with Gasteiger partial charge in [0, 0.05) is 11.6 Å². The zero-order valence-electron chi connectivity index (χ0n) is 13.1.